The molecule has 2 saturated heterocycles. The molecule has 6 heteroatoms. The summed E-state index contributed by atoms with van der Waals surface area (Å²) in [6, 6.07) is 19.2. The molecule has 3 heterocycles. The maximum Gasteiger partial charge on any atom is 0.410 e. The van der Waals surface area contributed by atoms with Crippen LogP contribution in [0.3, 0.4) is 0 Å². The fourth-order valence-corrected chi connectivity index (χ4v) is 5.09. The molecule has 1 aromatic heterocycles. The summed E-state index contributed by atoms with van der Waals surface area (Å²) in [6.07, 6.45) is 2.97. The second-order valence-electron chi connectivity index (χ2n) is 8.63. The van der Waals surface area contributed by atoms with Crippen LogP contribution in [0.2, 0.25) is 0 Å². The van der Waals surface area contributed by atoms with E-state index in [4.69, 9.17) is 9.47 Å². The van der Waals surface area contributed by atoms with Crippen molar-refractivity contribution in [1.82, 2.24) is 9.88 Å². The summed E-state index contributed by atoms with van der Waals surface area (Å²) < 4.78 is 10.8. The number of hydrogen-bond acceptors (Lipinski definition) is 5. The fraction of sp³-hybridized carbons (Fsp3) is 0.346. The number of ether oxygens (including phenoxy) is 2. The molecule has 2 bridgehead atoms. The Labute approximate surface area is 187 Å². The number of benzene rings is 2. The normalized spacial score (nSPS) is 22.0. The van der Waals surface area contributed by atoms with Gasteiger partial charge in [0, 0.05) is 35.0 Å². The van der Waals surface area contributed by atoms with Crippen LogP contribution in [-0.2, 0) is 11.3 Å². The lowest BCUT2D eigenvalue weighted by molar-refractivity contribution is 0.0485. The summed E-state index contributed by atoms with van der Waals surface area (Å²) in [5.41, 5.74) is 2.48. The number of piperidine rings is 1. The summed E-state index contributed by atoms with van der Waals surface area (Å²) in [7, 11) is 1.59. The summed E-state index contributed by atoms with van der Waals surface area (Å²) >= 11 is 0. The Kier molecular flexibility index (Phi) is 5.52. The Bertz CT molecular complexity index is 1130. The Hall–Kier alpha value is -3.41. The monoisotopic (exact) mass is 430 g/mol. The third-order valence-corrected chi connectivity index (χ3v) is 6.68. The van der Waals surface area contributed by atoms with E-state index in [1.165, 1.54) is 0 Å². The molecule has 0 radical (unpaired) electrons. The van der Waals surface area contributed by atoms with E-state index in [0.29, 0.717) is 24.3 Å². The zero-order chi connectivity index (χ0) is 22.1. The highest BCUT2D eigenvalue weighted by Gasteiger charge is 2.45. The Morgan fingerprint density at radius 2 is 1.75 bits per heavy atom. The second-order valence-corrected chi connectivity index (χ2v) is 8.63. The minimum atomic E-state index is -0.266. The number of Topliss-reactive ketones (excluding diaryl/α,β-unsaturated/α-hetero) is 1. The zero-order valence-electron chi connectivity index (χ0n) is 18.1. The molecule has 0 saturated carbocycles. The van der Waals surface area contributed by atoms with Crippen molar-refractivity contribution < 1.29 is 19.1 Å². The maximum absolute atomic E-state index is 13.3. The van der Waals surface area contributed by atoms with Crippen molar-refractivity contribution in [3.05, 3.63) is 71.8 Å². The molecule has 2 aliphatic rings. The first-order chi connectivity index (χ1) is 15.6. The summed E-state index contributed by atoms with van der Waals surface area (Å²) in [6.45, 7) is 0.272. The van der Waals surface area contributed by atoms with Gasteiger partial charge in [-0.3, -0.25) is 4.79 Å². The zero-order valence-corrected chi connectivity index (χ0v) is 18.1. The number of rotatable bonds is 5. The van der Waals surface area contributed by atoms with Gasteiger partial charge in [0.15, 0.2) is 5.78 Å². The van der Waals surface area contributed by atoms with Gasteiger partial charge in [0.25, 0.3) is 0 Å². The van der Waals surface area contributed by atoms with E-state index >= 15 is 0 Å². The van der Waals surface area contributed by atoms with Crippen molar-refractivity contribution in [2.45, 2.75) is 44.4 Å². The summed E-state index contributed by atoms with van der Waals surface area (Å²) in [4.78, 5) is 32.4. The molecule has 0 aliphatic carbocycles. The largest absolute Gasteiger partial charge is 0.481 e. The molecule has 5 rings (SSSR count). The van der Waals surface area contributed by atoms with Gasteiger partial charge in [-0.15, -0.1) is 0 Å². The van der Waals surface area contributed by atoms with Gasteiger partial charge in [0.2, 0.25) is 5.88 Å². The van der Waals surface area contributed by atoms with Crippen molar-refractivity contribution >= 4 is 22.8 Å². The third kappa shape index (κ3) is 3.93. The molecule has 0 spiro atoms. The van der Waals surface area contributed by atoms with Crippen molar-refractivity contribution in [2.24, 2.45) is 5.92 Å². The van der Waals surface area contributed by atoms with Gasteiger partial charge in [-0.05, 0) is 55.5 Å². The molecule has 2 atom stereocenters. The van der Waals surface area contributed by atoms with Gasteiger partial charge in [-0.2, -0.15) is 0 Å². The number of nitrogens with zero attached hydrogens (tertiary/aromatic N) is 2. The number of carbonyl (C=O) groups excluding carboxylic acids is 2. The number of methoxy groups -OCH3 is 1. The lowest BCUT2D eigenvalue weighted by atomic mass is 9.84. The number of aromatic nitrogens is 1. The number of amides is 1. The van der Waals surface area contributed by atoms with Gasteiger partial charge in [-0.1, -0.05) is 30.3 Å². The predicted molar refractivity (Wildman–Crippen MR) is 121 cm³/mol. The second kappa shape index (κ2) is 8.61. The van der Waals surface area contributed by atoms with Crippen molar-refractivity contribution in [3.63, 3.8) is 0 Å². The lowest BCUT2D eigenvalue weighted by Crippen LogP contribution is -2.48. The predicted octanol–water partition coefficient (Wildman–Crippen LogP) is 5.01. The van der Waals surface area contributed by atoms with Gasteiger partial charge >= 0.3 is 6.09 Å². The van der Waals surface area contributed by atoms with E-state index < -0.39 is 0 Å². The molecular weight excluding hydrogens is 404 g/mol. The molecule has 2 fully saturated rings. The molecule has 2 unspecified atom stereocenters. The van der Waals surface area contributed by atoms with Crippen molar-refractivity contribution in [1.29, 1.82) is 0 Å². The molecule has 1 amide bonds. The molecule has 0 N–H and O–H groups in total. The van der Waals surface area contributed by atoms with Crippen LogP contribution in [0.1, 0.15) is 41.6 Å². The lowest BCUT2D eigenvalue weighted by Gasteiger charge is -2.37. The average molecular weight is 431 g/mol. The standard InChI is InChI=1S/C26H26N2O4/c1-31-24-12-8-18-13-19(7-11-23(18)27-24)25(29)20-14-21-9-10-22(15-20)28(21)26(30)32-16-17-5-3-2-4-6-17/h2-8,11-13,20-22H,9-10,14-16H2,1H3. The first-order valence-corrected chi connectivity index (χ1v) is 11.1. The molecule has 2 aliphatic heterocycles. The van der Waals surface area contributed by atoms with Crippen molar-refractivity contribution in [3.8, 4) is 5.88 Å². The van der Waals surface area contributed by atoms with Gasteiger partial charge in [-0.25, -0.2) is 9.78 Å². The minimum Gasteiger partial charge on any atom is -0.481 e. The van der Waals surface area contributed by atoms with Crippen LogP contribution in [0.25, 0.3) is 10.9 Å². The Morgan fingerprint density at radius 3 is 2.47 bits per heavy atom. The van der Waals surface area contributed by atoms with E-state index in [0.717, 1.165) is 29.3 Å². The molecule has 164 valence electrons. The van der Waals surface area contributed by atoms with E-state index in [2.05, 4.69) is 4.98 Å². The van der Waals surface area contributed by atoms with Crippen LogP contribution in [-0.4, -0.2) is 41.0 Å². The molecule has 3 aromatic rings. The van der Waals surface area contributed by atoms with Crippen LogP contribution in [0.4, 0.5) is 4.79 Å². The molecule has 2 aromatic carbocycles. The number of ketones is 1. The Balaban J connectivity index is 1.26. The summed E-state index contributed by atoms with van der Waals surface area (Å²) in [5, 5.41) is 0.918. The van der Waals surface area contributed by atoms with E-state index in [1.807, 2.05) is 59.5 Å². The van der Waals surface area contributed by atoms with Gasteiger partial charge < -0.3 is 14.4 Å². The quantitative estimate of drug-likeness (QED) is 0.533. The average Bonchev–Trinajstić information content (AvgIpc) is 3.11. The van der Waals surface area contributed by atoms with E-state index in [-0.39, 0.29) is 36.5 Å². The van der Waals surface area contributed by atoms with E-state index in [9.17, 15) is 9.59 Å². The van der Waals surface area contributed by atoms with Crippen LogP contribution in [0.5, 0.6) is 5.88 Å². The summed E-state index contributed by atoms with van der Waals surface area (Å²) in [5.74, 6) is 0.630. The SMILES string of the molecule is COc1ccc2cc(C(=O)C3CC4CCC(C3)N4C(=O)OCc3ccccc3)ccc2n1. The minimum absolute atomic E-state index is 0.0670. The number of fused-ring (bicyclic) bond motifs is 3. The number of carbonyl (C=O) groups is 2. The van der Waals surface area contributed by atoms with Crippen molar-refractivity contribution in [2.75, 3.05) is 7.11 Å². The molecule has 6 nitrogen and oxygen atoms in total. The Morgan fingerprint density at radius 1 is 1.00 bits per heavy atom. The molecule has 32 heavy (non-hydrogen) atoms. The number of hydrogen-bond donors (Lipinski definition) is 0. The van der Waals surface area contributed by atoms with Gasteiger partial charge in [0.05, 0.1) is 12.6 Å². The third-order valence-electron chi connectivity index (χ3n) is 6.68. The van der Waals surface area contributed by atoms with Crippen LogP contribution < -0.4 is 4.74 Å². The van der Waals surface area contributed by atoms with Crippen LogP contribution in [0, 0.1) is 5.92 Å². The van der Waals surface area contributed by atoms with Crippen LogP contribution in [0.15, 0.2) is 60.7 Å². The first kappa shape index (κ1) is 20.5. The van der Waals surface area contributed by atoms with Crippen LogP contribution >= 0.6 is 0 Å². The highest BCUT2D eigenvalue weighted by Crippen LogP contribution is 2.40. The highest BCUT2D eigenvalue weighted by molar-refractivity contribution is 6.01. The number of pyridine rings is 1. The van der Waals surface area contributed by atoms with E-state index in [1.54, 1.807) is 13.2 Å². The smallest absolute Gasteiger partial charge is 0.410 e. The van der Waals surface area contributed by atoms with Gasteiger partial charge in [0.1, 0.15) is 6.61 Å². The topological polar surface area (TPSA) is 68.7 Å². The first-order valence-electron chi connectivity index (χ1n) is 11.1. The highest BCUT2D eigenvalue weighted by atomic mass is 16.6. The maximum atomic E-state index is 13.3. The molecular formula is C26H26N2O4. The fourth-order valence-electron chi connectivity index (χ4n) is 5.09.